The average molecular weight is 723 g/mol. The molecule has 0 aliphatic carbocycles. The highest BCUT2D eigenvalue weighted by Crippen LogP contribution is 2.26. The second kappa shape index (κ2) is 26.9. The highest BCUT2D eigenvalue weighted by atomic mass is 32.1. The van der Waals surface area contributed by atoms with Gasteiger partial charge in [0.05, 0.1) is 19.8 Å². The molecule has 0 aromatic heterocycles. The molecule has 0 spiro atoms. The zero-order valence-electron chi connectivity index (χ0n) is 27.2. The summed E-state index contributed by atoms with van der Waals surface area (Å²) in [5, 5.41) is 51.5. The van der Waals surface area contributed by atoms with E-state index in [-0.39, 0.29) is 54.8 Å². The first-order valence-corrected chi connectivity index (χ1v) is 17.1. The van der Waals surface area contributed by atoms with Crippen LogP contribution < -0.4 is 0 Å². The molecular formula is C36H50O9S3. The van der Waals surface area contributed by atoms with Gasteiger partial charge in [0.25, 0.3) is 0 Å². The van der Waals surface area contributed by atoms with Crippen molar-refractivity contribution in [3.8, 4) is 0 Å². The number of carboxylic acid groups (broad SMARTS) is 3. The van der Waals surface area contributed by atoms with Crippen LogP contribution in [0.3, 0.4) is 0 Å². The minimum absolute atomic E-state index is 0.0253. The van der Waals surface area contributed by atoms with Crippen LogP contribution in [0.25, 0.3) is 0 Å². The Labute approximate surface area is 300 Å². The molecule has 12 heteroatoms. The lowest BCUT2D eigenvalue weighted by Crippen LogP contribution is -2.32. The fourth-order valence-electron chi connectivity index (χ4n) is 3.79. The number of carbonyl (C=O) groups is 3. The molecule has 3 unspecified atom stereocenters. The van der Waals surface area contributed by atoms with E-state index in [1.165, 1.54) is 0 Å². The summed E-state index contributed by atoms with van der Waals surface area (Å²) in [5.41, 5.74) is 2.56. The Morgan fingerprint density at radius 2 is 0.750 bits per heavy atom. The number of hydrogen-bond donors (Lipinski definition) is 9. The first-order chi connectivity index (χ1) is 22.8. The van der Waals surface area contributed by atoms with Gasteiger partial charge in [-0.15, -0.1) is 0 Å². The number of carboxylic acids is 3. The van der Waals surface area contributed by atoms with Crippen LogP contribution in [-0.2, 0) is 14.4 Å². The van der Waals surface area contributed by atoms with Crippen LogP contribution in [0, 0.1) is 5.41 Å². The Balaban J connectivity index is 0.000000620. The van der Waals surface area contributed by atoms with Crippen molar-refractivity contribution >= 4 is 55.8 Å². The molecule has 9 nitrogen and oxygen atoms in total. The van der Waals surface area contributed by atoms with E-state index in [0.717, 1.165) is 16.7 Å². The van der Waals surface area contributed by atoms with Crippen molar-refractivity contribution in [1.82, 2.24) is 0 Å². The summed E-state index contributed by atoms with van der Waals surface area (Å²) in [7, 11) is 0. The molecular weight excluding hydrogens is 673 g/mol. The quantitative estimate of drug-likeness (QED) is 0.0712. The van der Waals surface area contributed by atoms with Gasteiger partial charge in [-0.2, -0.15) is 37.9 Å². The topological polar surface area (TPSA) is 173 Å². The summed E-state index contributed by atoms with van der Waals surface area (Å²) in [4.78, 5) is 30.9. The molecule has 0 aliphatic rings. The van der Waals surface area contributed by atoms with Crippen LogP contribution >= 0.6 is 37.9 Å². The predicted octanol–water partition coefficient (Wildman–Crippen LogP) is 6.93. The zero-order chi connectivity index (χ0) is 36.4. The third-order valence-corrected chi connectivity index (χ3v) is 8.87. The summed E-state index contributed by atoms with van der Waals surface area (Å²) < 4.78 is 0. The van der Waals surface area contributed by atoms with Gasteiger partial charge in [0.2, 0.25) is 0 Å². The number of aliphatic hydroxyl groups excluding tert-OH is 3. The number of rotatable bonds is 16. The maximum Gasteiger partial charge on any atom is 0.303 e. The molecule has 0 saturated carbocycles. The standard InChI is InChI=1S/3C10H12O2S.C6H14O3/c3*11-10(12)7-6-9(13)8-4-2-1-3-5-8;1-2-6(3-7,4-8)5-9/h3*1-5,9,13H,6-7H2,(H,11,12);7-9H,2-5H2,1H3. The Bertz CT molecular complexity index is 1100. The van der Waals surface area contributed by atoms with E-state index in [1.54, 1.807) is 0 Å². The van der Waals surface area contributed by atoms with Gasteiger partial charge in [0.15, 0.2) is 0 Å². The van der Waals surface area contributed by atoms with Gasteiger partial charge in [0, 0.05) is 40.4 Å². The van der Waals surface area contributed by atoms with Gasteiger partial charge in [-0.05, 0) is 42.4 Å². The van der Waals surface area contributed by atoms with E-state index in [1.807, 2.05) is 97.9 Å². The van der Waals surface area contributed by atoms with Gasteiger partial charge in [-0.3, -0.25) is 14.4 Å². The second-order valence-electron chi connectivity index (χ2n) is 10.9. The number of thiol groups is 3. The van der Waals surface area contributed by atoms with Crippen LogP contribution in [0.1, 0.15) is 84.3 Å². The van der Waals surface area contributed by atoms with Gasteiger partial charge >= 0.3 is 17.9 Å². The molecule has 0 bridgehead atoms. The van der Waals surface area contributed by atoms with Crippen LogP contribution in [0.2, 0.25) is 0 Å². The Morgan fingerprint density at radius 3 is 0.896 bits per heavy atom. The Morgan fingerprint density at radius 1 is 0.521 bits per heavy atom. The highest BCUT2D eigenvalue weighted by Gasteiger charge is 2.24. The third kappa shape index (κ3) is 21.1. The molecule has 0 aliphatic heterocycles. The van der Waals surface area contributed by atoms with E-state index in [0.29, 0.717) is 25.7 Å². The summed E-state index contributed by atoms with van der Waals surface area (Å²) in [6, 6.07) is 29.1. The van der Waals surface area contributed by atoms with Crippen molar-refractivity contribution in [1.29, 1.82) is 0 Å². The van der Waals surface area contributed by atoms with Gasteiger partial charge in [-0.1, -0.05) is 97.9 Å². The molecule has 266 valence electrons. The molecule has 3 atom stereocenters. The maximum atomic E-state index is 10.3. The molecule has 3 aromatic carbocycles. The molecule has 0 amide bonds. The van der Waals surface area contributed by atoms with Crippen molar-refractivity contribution in [2.45, 2.75) is 67.6 Å². The molecule has 3 aromatic rings. The highest BCUT2D eigenvalue weighted by molar-refractivity contribution is 7.80. The minimum atomic E-state index is -0.769. The van der Waals surface area contributed by atoms with E-state index < -0.39 is 23.3 Å². The smallest absolute Gasteiger partial charge is 0.303 e. The lowest BCUT2D eigenvalue weighted by molar-refractivity contribution is -0.138. The van der Waals surface area contributed by atoms with Gasteiger partial charge < -0.3 is 30.6 Å². The fraction of sp³-hybridized carbons (Fsp3) is 0.417. The van der Waals surface area contributed by atoms with Crippen LogP contribution in [-0.4, -0.2) is 68.4 Å². The molecule has 0 fully saturated rings. The third-order valence-electron chi connectivity index (χ3n) is 7.20. The van der Waals surface area contributed by atoms with Crippen LogP contribution in [0.15, 0.2) is 91.0 Å². The van der Waals surface area contributed by atoms with Crippen LogP contribution in [0.4, 0.5) is 0 Å². The molecule has 6 N–H and O–H groups in total. The molecule has 0 radical (unpaired) electrons. The monoisotopic (exact) mass is 722 g/mol. The van der Waals surface area contributed by atoms with Crippen molar-refractivity contribution < 1.29 is 45.0 Å². The number of hydrogen-bond acceptors (Lipinski definition) is 9. The van der Waals surface area contributed by atoms with Crippen molar-refractivity contribution in [3.05, 3.63) is 108 Å². The molecule has 48 heavy (non-hydrogen) atoms. The lowest BCUT2D eigenvalue weighted by atomic mass is 9.88. The van der Waals surface area contributed by atoms with E-state index >= 15 is 0 Å². The van der Waals surface area contributed by atoms with Crippen molar-refractivity contribution in [2.75, 3.05) is 19.8 Å². The fourth-order valence-corrected chi connectivity index (χ4v) is 4.70. The minimum Gasteiger partial charge on any atom is -0.481 e. The Hall–Kier alpha value is -3.00. The molecule has 3 rings (SSSR count). The average Bonchev–Trinajstić information content (AvgIpc) is 3.11. The van der Waals surface area contributed by atoms with Gasteiger partial charge in [-0.25, -0.2) is 0 Å². The first-order valence-electron chi connectivity index (χ1n) is 15.5. The largest absolute Gasteiger partial charge is 0.481 e. The molecule has 0 saturated heterocycles. The molecule has 0 heterocycles. The Kier molecular flexibility index (Phi) is 25.2. The van der Waals surface area contributed by atoms with Crippen molar-refractivity contribution in [2.24, 2.45) is 5.41 Å². The summed E-state index contributed by atoms with van der Waals surface area (Å²) >= 11 is 13.0. The maximum absolute atomic E-state index is 10.3. The first kappa shape index (κ1) is 45.0. The summed E-state index contributed by atoms with van der Waals surface area (Å²) in [6.45, 7) is 1.35. The summed E-state index contributed by atoms with van der Waals surface area (Å²) in [5.74, 6) is -2.31. The number of benzene rings is 3. The lowest BCUT2D eigenvalue weighted by Gasteiger charge is -2.24. The van der Waals surface area contributed by atoms with Crippen LogP contribution in [0.5, 0.6) is 0 Å². The van der Waals surface area contributed by atoms with Crippen molar-refractivity contribution in [3.63, 3.8) is 0 Å². The van der Waals surface area contributed by atoms with E-state index in [4.69, 9.17) is 30.6 Å². The van der Waals surface area contributed by atoms with E-state index in [2.05, 4.69) is 37.9 Å². The van der Waals surface area contributed by atoms with Gasteiger partial charge in [0.1, 0.15) is 0 Å². The second-order valence-corrected chi connectivity index (χ2v) is 12.8. The normalized spacial score (nSPS) is 12.3. The SMILES string of the molecule is CCC(CO)(CO)CO.O=C(O)CCC(S)c1ccccc1.O=C(O)CCC(S)c1ccccc1.O=C(O)CCC(S)c1ccccc1. The van der Waals surface area contributed by atoms with E-state index in [9.17, 15) is 14.4 Å². The summed E-state index contributed by atoms with van der Waals surface area (Å²) in [6.07, 6.45) is 2.82. The number of aliphatic hydroxyl groups is 3. The predicted molar refractivity (Wildman–Crippen MR) is 199 cm³/mol. The zero-order valence-corrected chi connectivity index (χ0v) is 29.9. The number of aliphatic carboxylic acids is 3.